The topological polar surface area (TPSA) is 56.6 Å². The summed E-state index contributed by atoms with van der Waals surface area (Å²) in [5.41, 5.74) is 1.28. The van der Waals surface area contributed by atoms with Crippen LogP contribution >= 0.6 is 0 Å². The van der Waals surface area contributed by atoms with Crippen LogP contribution in [0.3, 0.4) is 0 Å². The molecule has 0 saturated heterocycles. The summed E-state index contributed by atoms with van der Waals surface area (Å²) >= 11 is 0. The Morgan fingerprint density at radius 2 is 2.18 bits per heavy atom. The van der Waals surface area contributed by atoms with Crippen LogP contribution < -0.4 is 5.56 Å². The summed E-state index contributed by atoms with van der Waals surface area (Å²) in [6.45, 7) is 0. The number of aromatic nitrogens is 1. The Morgan fingerprint density at radius 3 is 2.88 bits per heavy atom. The molecule has 0 bridgehead atoms. The molecular formula is C13H9FN2O. The fourth-order valence-corrected chi connectivity index (χ4v) is 1.59. The third-order valence-electron chi connectivity index (χ3n) is 2.38. The van der Waals surface area contributed by atoms with Gasteiger partial charge in [0.25, 0.3) is 5.56 Å². The average molecular weight is 228 g/mol. The molecule has 2 aromatic rings. The Morgan fingerprint density at radius 1 is 1.35 bits per heavy atom. The van der Waals surface area contributed by atoms with Gasteiger partial charge >= 0.3 is 0 Å². The van der Waals surface area contributed by atoms with E-state index in [0.29, 0.717) is 16.7 Å². The molecule has 0 radical (unpaired) electrons. The van der Waals surface area contributed by atoms with Crippen LogP contribution in [-0.4, -0.2) is 4.98 Å². The number of nitrogens with one attached hydrogen (secondary N) is 1. The van der Waals surface area contributed by atoms with Gasteiger partial charge in [-0.1, -0.05) is 12.1 Å². The van der Waals surface area contributed by atoms with E-state index in [-0.39, 0.29) is 12.0 Å². The van der Waals surface area contributed by atoms with Crippen molar-refractivity contribution in [3.05, 3.63) is 58.3 Å². The molecule has 17 heavy (non-hydrogen) atoms. The van der Waals surface area contributed by atoms with Crippen molar-refractivity contribution in [2.24, 2.45) is 0 Å². The predicted molar refractivity (Wildman–Crippen MR) is 61.8 cm³/mol. The monoisotopic (exact) mass is 228 g/mol. The lowest BCUT2D eigenvalue weighted by atomic mass is 10.0. The summed E-state index contributed by atoms with van der Waals surface area (Å²) < 4.78 is 13.1. The molecule has 2 rings (SSSR count). The lowest BCUT2D eigenvalue weighted by Crippen LogP contribution is -2.09. The summed E-state index contributed by atoms with van der Waals surface area (Å²) in [5, 5.41) is 8.59. The van der Waals surface area contributed by atoms with Crippen molar-refractivity contribution >= 4 is 0 Å². The van der Waals surface area contributed by atoms with Gasteiger partial charge < -0.3 is 4.98 Å². The molecule has 0 aliphatic rings. The number of rotatable bonds is 2. The van der Waals surface area contributed by atoms with E-state index in [2.05, 4.69) is 4.98 Å². The maximum atomic E-state index is 13.1. The Labute approximate surface area is 97.2 Å². The summed E-state index contributed by atoms with van der Waals surface area (Å²) in [6, 6.07) is 9.41. The standard InChI is InChI=1S/C13H9FN2O/c14-11-3-1-2-10(7-11)12-6-9(4-5-15)8-16-13(12)17/h1-3,6-8H,4H2,(H,16,17). The van der Waals surface area contributed by atoms with Gasteiger partial charge in [-0.25, -0.2) is 4.39 Å². The molecule has 1 N–H and O–H groups in total. The number of H-pyrrole nitrogens is 1. The molecule has 0 fully saturated rings. The van der Waals surface area contributed by atoms with Crippen molar-refractivity contribution in [3.8, 4) is 17.2 Å². The van der Waals surface area contributed by atoms with Crippen LogP contribution in [0.4, 0.5) is 4.39 Å². The summed E-state index contributed by atoms with van der Waals surface area (Å²) in [5.74, 6) is -0.396. The minimum Gasteiger partial charge on any atom is -0.328 e. The number of halogens is 1. The number of aromatic amines is 1. The van der Waals surface area contributed by atoms with E-state index in [0.717, 1.165) is 0 Å². The molecule has 0 aliphatic heterocycles. The Kier molecular flexibility index (Phi) is 3.01. The fraction of sp³-hybridized carbons (Fsp3) is 0.0769. The number of benzene rings is 1. The van der Waals surface area contributed by atoms with Gasteiger partial charge in [0.1, 0.15) is 5.82 Å². The predicted octanol–water partition coefficient (Wildman–Crippen LogP) is 2.25. The first-order valence-corrected chi connectivity index (χ1v) is 5.05. The fourth-order valence-electron chi connectivity index (χ4n) is 1.59. The average Bonchev–Trinajstić information content (AvgIpc) is 2.32. The van der Waals surface area contributed by atoms with Gasteiger partial charge in [0.2, 0.25) is 0 Å². The molecule has 1 heterocycles. The van der Waals surface area contributed by atoms with Gasteiger partial charge in [-0.2, -0.15) is 5.26 Å². The highest BCUT2D eigenvalue weighted by Crippen LogP contribution is 2.17. The van der Waals surface area contributed by atoms with E-state index in [1.807, 2.05) is 6.07 Å². The van der Waals surface area contributed by atoms with Gasteiger partial charge in [-0.05, 0) is 29.3 Å². The first-order chi connectivity index (χ1) is 8.20. The van der Waals surface area contributed by atoms with Gasteiger partial charge in [0.15, 0.2) is 0 Å². The maximum absolute atomic E-state index is 13.1. The minimum atomic E-state index is -0.396. The minimum absolute atomic E-state index is 0.207. The van der Waals surface area contributed by atoms with Crippen LogP contribution in [0, 0.1) is 17.1 Å². The summed E-state index contributed by atoms with van der Waals surface area (Å²) in [6.07, 6.45) is 1.70. The summed E-state index contributed by atoms with van der Waals surface area (Å²) in [4.78, 5) is 14.2. The number of nitrogens with zero attached hydrogens (tertiary/aromatic N) is 1. The Balaban J connectivity index is 2.55. The quantitative estimate of drug-likeness (QED) is 0.857. The molecule has 1 aromatic heterocycles. The smallest absolute Gasteiger partial charge is 0.255 e. The molecular weight excluding hydrogens is 219 g/mol. The Hall–Kier alpha value is -2.41. The maximum Gasteiger partial charge on any atom is 0.255 e. The number of hydrogen-bond acceptors (Lipinski definition) is 2. The highest BCUT2D eigenvalue weighted by molar-refractivity contribution is 5.63. The molecule has 84 valence electrons. The van der Waals surface area contributed by atoms with E-state index in [1.54, 1.807) is 18.2 Å². The zero-order valence-corrected chi connectivity index (χ0v) is 8.90. The SMILES string of the molecule is N#CCc1c[nH]c(=O)c(-c2cccc(F)c2)c1. The molecule has 0 atom stereocenters. The van der Waals surface area contributed by atoms with Crippen molar-refractivity contribution < 1.29 is 4.39 Å². The van der Waals surface area contributed by atoms with Crippen molar-refractivity contribution in [2.75, 3.05) is 0 Å². The van der Waals surface area contributed by atoms with Gasteiger partial charge in [-0.3, -0.25) is 4.79 Å². The van der Waals surface area contributed by atoms with Crippen LogP contribution in [-0.2, 0) is 6.42 Å². The second-order valence-electron chi connectivity index (χ2n) is 3.60. The van der Waals surface area contributed by atoms with Crippen molar-refractivity contribution in [1.82, 2.24) is 4.98 Å². The van der Waals surface area contributed by atoms with E-state index in [4.69, 9.17) is 5.26 Å². The Bertz CT molecular complexity index is 640. The highest BCUT2D eigenvalue weighted by atomic mass is 19.1. The van der Waals surface area contributed by atoms with Crippen LogP contribution in [0.2, 0.25) is 0 Å². The van der Waals surface area contributed by atoms with Crippen LogP contribution in [0.5, 0.6) is 0 Å². The van der Waals surface area contributed by atoms with Crippen molar-refractivity contribution in [2.45, 2.75) is 6.42 Å². The number of hydrogen-bond donors (Lipinski definition) is 1. The van der Waals surface area contributed by atoms with Crippen molar-refractivity contribution in [1.29, 1.82) is 5.26 Å². The van der Waals surface area contributed by atoms with E-state index < -0.39 is 5.82 Å². The summed E-state index contributed by atoms with van der Waals surface area (Å²) in [7, 11) is 0. The largest absolute Gasteiger partial charge is 0.328 e. The van der Waals surface area contributed by atoms with Crippen LogP contribution in [0.25, 0.3) is 11.1 Å². The van der Waals surface area contributed by atoms with Gasteiger partial charge in [0, 0.05) is 11.8 Å². The van der Waals surface area contributed by atoms with Gasteiger partial charge in [-0.15, -0.1) is 0 Å². The molecule has 4 heteroatoms. The lowest BCUT2D eigenvalue weighted by molar-refractivity contribution is 0.628. The third kappa shape index (κ3) is 2.40. The normalized spacial score (nSPS) is 9.88. The second-order valence-corrected chi connectivity index (χ2v) is 3.60. The van der Waals surface area contributed by atoms with Crippen molar-refractivity contribution in [3.63, 3.8) is 0 Å². The third-order valence-corrected chi connectivity index (χ3v) is 2.38. The molecule has 3 nitrogen and oxygen atoms in total. The molecule has 0 saturated carbocycles. The zero-order valence-electron chi connectivity index (χ0n) is 8.90. The van der Waals surface area contributed by atoms with E-state index in [9.17, 15) is 9.18 Å². The van der Waals surface area contributed by atoms with Crippen LogP contribution in [0.1, 0.15) is 5.56 Å². The van der Waals surface area contributed by atoms with Gasteiger partial charge in [0.05, 0.1) is 12.5 Å². The lowest BCUT2D eigenvalue weighted by Gasteiger charge is -2.02. The zero-order chi connectivity index (χ0) is 12.3. The molecule has 0 aliphatic carbocycles. The molecule has 1 aromatic carbocycles. The molecule has 0 spiro atoms. The molecule has 0 amide bonds. The first kappa shape index (κ1) is 11.1. The highest BCUT2D eigenvalue weighted by Gasteiger charge is 2.05. The van der Waals surface area contributed by atoms with Crippen LogP contribution in [0.15, 0.2) is 41.3 Å². The first-order valence-electron chi connectivity index (χ1n) is 5.05. The number of pyridine rings is 1. The number of nitriles is 1. The molecule has 0 unspecified atom stereocenters. The second kappa shape index (κ2) is 4.62. The van der Waals surface area contributed by atoms with E-state index in [1.165, 1.54) is 18.3 Å². The van der Waals surface area contributed by atoms with E-state index >= 15 is 0 Å².